The summed E-state index contributed by atoms with van der Waals surface area (Å²) in [5.41, 5.74) is -1.80. The molecule has 19 heavy (non-hydrogen) atoms. The molecule has 0 radical (unpaired) electrons. The third-order valence-electron chi connectivity index (χ3n) is 2.36. The van der Waals surface area contributed by atoms with Crippen LogP contribution in [0.4, 0.5) is 13.2 Å². The van der Waals surface area contributed by atoms with Gasteiger partial charge in [0.1, 0.15) is 5.60 Å². The van der Waals surface area contributed by atoms with Gasteiger partial charge in [-0.05, 0) is 33.6 Å². The number of alkyl halides is 3. The lowest BCUT2D eigenvalue weighted by Crippen LogP contribution is -2.26. The molecule has 1 fully saturated rings. The minimum absolute atomic E-state index is 0.00852. The Bertz CT molecular complexity index is 462. The molecule has 1 heterocycles. The molecule has 2 rings (SSSR count). The Hall–Kier alpha value is -1.46. The topological polar surface area (TPSA) is 31.4 Å². The molecule has 0 atom stereocenters. The maximum Gasteiger partial charge on any atom is 0.437 e. The van der Waals surface area contributed by atoms with Gasteiger partial charge in [-0.3, -0.25) is 0 Å². The van der Waals surface area contributed by atoms with Gasteiger partial charge in [0.2, 0.25) is 0 Å². The molecule has 0 bridgehead atoms. The predicted molar refractivity (Wildman–Crippen MR) is 63.3 cm³/mol. The summed E-state index contributed by atoms with van der Waals surface area (Å²) in [6.45, 7) is 5.04. The predicted octanol–water partition coefficient (Wildman–Crippen LogP) is 3.82. The number of ether oxygens (including phenoxy) is 2. The Morgan fingerprint density at radius 2 is 1.84 bits per heavy atom. The maximum atomic E-state index is 13.0. The largest absolute Gasteiger partial charge is 0.486 e. The Balaban J connectivity index is 2.41. The first-order valence-electron chi connectivity index (χ1n) is 6.09. The van der Waals surface area contributed by atoms with Crippen LogP contribution in [0.5, 0.6) is 11.5 Å². The highest BCUT2D eigenvalue weighted by molar-refractivity contribution is 5.44. The second-order valence-electron chi connectivity index (χ2n) is 5.52. The highest BCUT2D eigenvalue weighted by Crippen LogP contribution is 2.43. The minimum Gasteiger partial charge on any atom is -0.486 e. The molecule has 1 aliphatic rings. The van der Waals surface area contributed by atoms with Crippen LogP contribution in [0.2, 0.25) is 0 Å². The van der Waals surface area contributed by atoms with Gasteiger partial charge in [-0.25, -0.2) is 4.98 Å². The van der Waals surface area contributed by atoms with Crippen molar-refractivity contribution in [1.29, 1.82) is 0 Å². The second-order valence-corrected chi connectivity index (χ2v) is 5.52. The summed E-state index contributed by atoms with van der Waals surface area (Å²) in [7, 11) is 0. The molecule has 6 heteroatoms. The van der Waals surface area contributed by atoms with E-state index < -0.39 is 17.5 Å². The van der Waals surface area contributed by atoms with Gasteiger partial charge in [-0.2, -0.15) is 13.2 Å². The molecule has 0 N–H and O–H groups in total. The van der Waals surface area contributed by atoms with Gasteiger partial charge in [0.05, 0.1) is 6.10 Å². The number of halogens is 3. The Morgan fingerprint density at radius 1 is 1.21 bits per heavy atom. The van der Waals surface area contributed by atoms with Gasteiger partial charge >= 0.3 is 6.18 Å². The molecule has 1 aromatic rings. The van der Waals surface area contributed by atoms with E-state index in [4.69, 9.17) is 9.47 Å². The molecule has 1 saturated carbocycles. The first-order valence-corrected chi connectivity index (χ1v) is 6.09. The highest BCUT2D eigenvalue weighted by Gasteiger charge is 2.40. The highest BCUT2D eigenvalue weighted by atomic mass is 19.4. The summed E-state index contributed by atoms with van der Waals surface area (Å²) in [5.74, 6) is -0.214. The van der Waals surface area contributed by atoms with Crippen LogP contribution >= 0.6 is 0 Å². The Labute approximate surface area is 109 Å². The average molecular weight is 275 g/mol. The number of nitrogens with zero attached hydrogens (tertiary/aromatic N) is 1. The van der Waals surface area contributed by atoms with Crippen LogP contribution in [-0.2, 0) is 6.18 Å². The van der Waals surface area contributed by atoms with Gasteiger partial charge < -0.3 is 9.47 Å². The van der Waals surface area contributed by atoms with Gasteiger partial charge in [0, 0.05) is 12.3 Å². The van der Waals surface area contributed by atoms with Gasteiger partial charge in [0.15, 0.2) is 17.2 Å². The van der Waals surface area contributed by atoms with Crippen molar-refractivity contribution < 1.29 is 22.6 Å². The molecular weight excluding hydrogens is 259 g/mol. The zero-order valence-electron chi connectivity index (χ0n) is 11.0. The van der Waals surface area contributed by atoms with Crippen molar-refractivity contribution in [2.45, 2.75) is 51.5 Å². The van der Waals surface area contributed by atoms with Crippen molar-refractivity contribution in [3.63, 3.8) is 0 Å². The average Bonchev–Trinajstić information content (AvgIpc) is 3.00. The molecule has 0 unspecified atom stereocenters. The summed E-state index contributed by atoms with van der Waals surface area (Å²) in [5, 5.41) is 0. The maximum absolute atomic E-state index is 13.0. The molecule has 0 aliphatic heterocycles. The lowest BCUT2D eigenvalue weighted by Gasteiger charge is -2.25. The fourth-order valence-electron chi connectivity index (χ4n) is 1.50. The smallest absolute Gasteiger partial charge is 0.437 e. The third-order valence-corrected chi connectivity index (χ3v) is 2.36. The van der Waals surface area contributed by atoms with Crippen LogP contribution in [0.15, 0.2) is 12.3 Å². The van der Waals surface area contributed by atoms with E-state index in [1.807, 2.05) is 0 Å². The van der Waals surface area contributed by atoms with E-state index in [9.17, 15) is 13.2 Å². The summed E-state index contributed by atoms with van der Waals surface area (Å²) in [6, 6.07) is 1.41. The molecule has 1 aromatic heterocycles. The minimum atomic E-state index is -4.57. The van der Waals surface area contributed by atoms with Crippen LogP contribution in [0.25, 0.3) is 0 Å². The van der Waals surface area contributed by atoms with E-state index in [1.54, 1.807) is 20.8 Å². The molecule has 0 aromatic carbocycles. The van der Waals surface area contributed by atoms with Crippen molar-refractivity contribution in [2.75, 3.05) is 0 Å². The fraction of sp³-hybridized carbons (Fsp3) is 0.615. The molecule has 3 nitrogen and oxygen atoms in total. The van der Waals surface area contributed by atoms with E-state index in [-0.39, 0.29) is 17.6 Å². The number of pyridine rings is 1. The number of aromatic nitrogens is 1. The Morgan fingerprint density at radius 3 is 2.32 bits per heavy atom. The van der Waals surface area contributed by atoms with Crippen LogP contribution in [-0.4, -0.2) is 16.7 Å². The summed E-state index contributed by atoms with van der Waals surface area (Å²) >= 11 is 0. The van der Waals surface area contributed by atoms with E-state index in [1.165, 1.54) is 6.07 Å². The molecule has 0 amide bonds. The normalized spacial score (nSPS) is 16.3. The molecule has 1 aliphatic carbocycles. The quantitative estimate of drug-likeness (QED) is 0.840. The lowest BCUT2D eigenvalue weighted by atomic mass is 10.2. The van der Waals surface area contributed by atoms with Crippen molar-refractivity contribution in [3.8, 4) is 11.5 Å². The zero-order valence-corrected chi connectivity index (χ0v) is 11.0. The standard InChI is InChI=1S/C13H16F3NO2/c1-12(2,3)19-10-9(18-8-4-5-8)6-7-17-11(10)13(14,15)16/h6-8H,4-5H2,1-3H3. The third kappa shape index (κ3) is 3.75. The van der Waals surface area contributed by atoms with Crippen LogP contribution < -0.4 is 9.47 Å². The van der Waals surface area contributed by atoms with Crippen molar-refractivity contribution in [2.24, 2.45) is 0 Å². The number of rotatable bonds is 3. The monoisotopic (exact) mass is 275 g/mol. The van der Waals surface area contributed by atoms with E-state index in [2.05, 4.69) is 4.98 Å². The summed E-state index contributed by atoms with van der Waals surface area (Å²) in [4.78, 5) is 3.39. The van der Waals surface area contributed by atoms with E-state index in [0.29, 0.717) is 0 Å². The second kappa shape index (κ2) is 4.58. The molecular formula is C13H16F3NO2. The summed E-state index contributed by atoms with van der Waals surface area (Å²) in [6.07, 6.45) is -1.76. The Kier molecular flexibility index (Phi) is 3.36. The van der Waals surface area contributed by atoms with Crippen molar-refractivity contribution in [1.82, 2.24) is 4.98 Å². The van der Waals surface area contributed by atoms with Crippen LogP contribution in [0.3, 0.4) is 0 Å². The number of hydrogen-bond donors (Lipinski definition) is 0. The molecule has 0 saturated heterocycles. The van der Waals surface area contributed by atoms with Crippen LogP contribution in [0, 0.1) is 0 Å². The van der Waals surface area contributed by atoms with Gasteiger partial charge in [-0.1, -0.05) is 0 Å². The van der Waals surface area contributed by atoms with Crippen LogP contribution in [0.1, 0.15) is 39.3 Å². The summed E-state index contributed by atoms with van der Waals surface area (Å²) < 4.78 is 49.8. The van der Waals surface area contributed by atoms with Gasteiger partial charge in [-0.15, -0.1) is 0 Å². The first kappa shape index (κ1) is 14.0. The molecule has 106 valence electrons. The molecule has 0 spiro atoms. The fourth-order valence-corrected chi connectivity index (χ4v) is 1.50. The van der Waals surface area contributed by atoms with E-state index >= 15 is 0 Å². The SMILES string of the molecule is CC(C)(C)Oc1c(OC2CC2)ccnc1C(F)(F)F. The number of hydrogen-bond acceptors (Lipinski definition) is 3. The van der Waals surface area contributed by atoms with Crippen molar-refractivity contribution >= 4 is 0 Å². The zero-order chi connectivity index (χ0) is 14.3. The first-order chi connectivity index (χ1) is 8.67. The van der Waals surface area contributed by atoms with Gasteiger partial charge in [0.25, 0.3) is 0 Å². The van der Waals surface area contributed by atoms with Crippen molar-refractivity contribution in [3.05, 3.63) is 18.0 Å². The lowest BCUT2D eigenvalue weighted by molar-refractivity contribution is -0.143. The van der Waals surface area contributed by atoms with E-state index in [0.717, 1.165) is 19.0 Å².